The van der Waals surface area contributed by atoms with E-state index in [0.717, 1.165) is 0 Å². The summed E-state index contributed by atoms with van der Waals surface area (Å²) >= 11 is 0. The third kappa shape index (κ3) is 9.24. The minimum absolute atomic E-state index is 0. The van der Waals surface area contributed by atoms with Gasteiger partial charge in [0.05, 0.1) is 31.8 Å². The van der Waals surface area contributed by atoms with Crippen LogP contribution < -0.4 is 36.0 Å². The summed E-state index contributed by atoms with van der Waals surface area (Å²) in [7, 11) is -4.99. The van der Waals surface area contributed by atoms with Gasteiger partial charge >= 0.3 is 59.3 Å². The second-order valence-corrected chi connectivity index (χ2v) is 15.7. The second kappa shape index (κ2) is 22.8. The maximum absolute atomic E-state index is 7.50. The van der Waals surface area contributed by atoms with Crippen molar-refractivity contribution in [2.24, 2.45) is 0 Å². The summed E-state index contributed by atoms with van der Waals surface area (Å²) in [6.45, 7) is 18.0. The molecule has 6 rings (SSSR count). The molecule has 0 saturated carbocycles. The summed E-state index contributed by atoms with van der Waals surface area (Å²) in [6.07, 6.45) is 0. The molecule has 0 aromatic heterocycles. The molecule has 8 heteroatoms. The molecule has 6 aromatic carbocycles. The number of nitrogens with zero attached hydrogens (tertiary/aromatic N) is 1. The third-order valence-corrected chi connectivity index (χ3v) is 15.5. The van der Waals surface area contributed by atoms with Crippen LogP contribution in [0.25, 0.3) is 0 Å². The van der Waals surface area contributed by atoms with Gasteiger partial charge in [-0.3, -0.25) is 0 Å². The van der Waals surface area contributed by atoms with Gasteiger partial charge in [0.2, 0.25) is 0 Å². The van der Waals surface area contributed by atoms with E-state index in [-0.39, 0.29) is 16.8 Å². The van der Waals surface area contributed by atoms with Crippen molar-refractivity contribution in [3.8, 4) is 0 Å². The molecular weight excluding hydrogens is 679 g/mol. The molecule has 0 saturated heterocycles. The van der Waals surface area contributed by atoms with Crippen molar-refractivity contribution in [2.45, 2.75) is 0 Å². The minimum atomic E-state index is -2.50. The van der Waals surface area contributed by atoms with Crippen LogP contribution in [0.2, 0.25) is 0 Å². The molecule has 0 N–H and O–H groups in total. The summed E-state index contributed by atoms with van der Waals surface area (Å²) in [6, 6.07) is 65.7. The molecule has 0 aliphatic carbocycles. The zero-order valence-electron chi connectivity index (χ0n) is 25.6. The molecule has 0 atom stereocenters. The van der Waals surface area contributed by atoms with Crippen LogP contribution in [0.5, 0.6) is 0 Å². The van der Waals surface area contributed by atoms with Crippen LogP contribution in [0.15, 0.2) is 182 Å². The topological polar surface area (TPSA) is 93.7 Å². The standard InChI is InChI=1S/C36H30NP2.4CO.Co/c1-7-19-31(20-8-1)38(32-21-9-2-10-22-32,33-23-11-3-12-24-33)37-39(34-25-13-4-14-26-34,35-27-15-5-16-28-35)36-29-17-6-18-30-36;4*1-2;/h1-30H;;;;;/q+1;;;;;. The predicted octanol–water partition coefficient (Wildman–Crippen LogP) is 6.26. The Morgan fingerprint density at radius 2 is 0.396 bits per heavy atom. The molecule has 5 nitrogen and oxygen atoms in total. The van der Waals surface area contributed by atoms with Gasteiger partial charge in [0.15, 0.2) is 0 Å². The van der Waals surface area contributed by atoms with Gasteiger partial charge in [-0.05, 0) is 72.8 Å². The Kier molecular flexibility index (Phi) is 19.7. The molecular formula is C40H30CoNO4P2+. The van der Waals surface area contributed by atoms with E-state index in [4.69, 9.17) is 22.8 Å². The van der Waals surface area contributed by atoms with E-state index < -0.39 is 14.1 Å². The van der Waals surface area contributed by atoms with E-state index >= 15 is 0 Å². The molecule has 0 aliphatic heterocycles. The summed E-state index contributed by atoms with van der Waals surface area (Å²) in [5.41, 5.74) is 0. The molecule has 0 unspecified atom stereocenters. The van der Waals surface area contributed by atoms with Gasteiger partial charge in [0.25, 0.3) is 0 Å². The predicted molar refractivity (Wildman–Crippen MR) is 188 cm³/mol. The van der Waals surface area contributed by atoms with Gasteiger partial charge in [-0.25, -0.2) is 0 Å². The molecule has 0 bridgehead atoms. The number of benzene rings is 6. The van der Waals surface area contributed by atoms with Gasteiger partial charge in [-0.2, -0.15) is 0 Å². The maximum atomic E-state index is 7.50. The normalized spacial score (nSPS) is 9.50. The van der Waals surface area contributed by atoms with Crippen molar-refractivity contribution in [1.82, 2.24) is 4.17 Å². The molecule has 48 heavy (non-hydrogen) atoms. The molecule has 6 aromatic rings. The summed E-state index contributed by atoms with van der Waals surface area (Å²) in [5, 5.41) is 7.55. The van der Waals surface area contributed by atoms with Gasteiger partial charge < -0.3 is 0 Å². The van der Waals surface area contributed by atoms with Crippen molar-refractivity contribution in [3.05, 3.63) is 209 Å². The SMILES string of the molecule is [C-]#[O+].[C-]#[O+].[C-]#[O+].[C-]#[O+].[Co].c1ccc(P(=[N+]=P(c2ccccc2)(c2ccccc2)c2ccccc2)(c2ccccc2)c2ccccc2)cc1. The number of rotatable bonds is 6. The van der Waals surface area contributed by atoms with Crippen molar-refractivity contribution in [2.75, 3.05) is 0 Å². The molecule has 0 fully saturated rings. The zero-order chi connectivity index (χ0) is 34.4. The van der Waals surface area contributed by atoms with Crippen molar-refractivity contribution < 1.29 is 35.4 Å². The van der Waals surface area contributed by atoms with Crippen molar-refractivity contribution in [1.29, 1.82) is 0 Å². The number of hydrogen-bond donors (Lipinski definition) is 0. The molecule has 0 aliphatic rings. The molecule has 0 heterocycles. The van der Waals surface area contributed by atoms with Crippen LogP contribution in [0, 0.1) is 26.6 Å². The Labute approximate surface area is 292 Å². The van der Waals surface area contributed by atoms with E-state index in [0.29, 0.717) is 0 Å². The fourth-order valence-corrected chi connectivity index (χ4v) is 14.8. The van der Waals surface area contributed by atoms with E-state index in [2.05, 4.69) is 209 Å². The molecule has 0 amide bonds. The van der Waals surface area contributed by atoms with E-state index in [9.17, 15) is 0 Å². The molecule has 0 spiro atoms. The Hall–Kier alpha value is -4.64. The van der Waals surface area contributed by atoms with Gasteiger partial charge in [-0.15, -0.1) is 4.17 Å². The number of hydrogen-bond acceptors (Lipinski definition) is 0. The Morgan fingerprint density at radius 1 is 0.271 bits per heavy atom. The molecule has 237 valence electrons. The smallest absolute Gasteiger partial charge is 0.148 e. The monoisotopic (exact) mass is 709 g/mol. The molecule has 1 radical (unpaired) electrons. The van der Waals surface area contributed by atoms with Crippen LogP contribution in [0.4, 0.5) is 0 Å². The Morgan fingerprint density at radius 3 is 0.521 bits per heavy atom. The first-order valence-electron chi connectivity index (χ1n) is 14.0. The third-order valence-electron chi connectivity index (χ3n) is 7.05. The summed E-state index contributed by atoms with van der Waals surface area (Å²) < 4.78 is 36.4. The second-order valence-electron chi connectivity index (χ2n) is 9.37. The van der Waals surface area contributed by atoms with Gasteiger partial charge in [0.1, 0.15) is 0 Å². The zero-order valence-corrected chi connectivity index (χ0v) is 28.5. The average molecular weight is 710 g/mol. The maximum Gasteiger partial charge on any atom is 0.301 e. The first-order chi connectivity index (χ1) is 23.3. The Bertz CT molecular complexity index is 1610. The van der Waals surface area contributed by atoms with E-state index in [1.165, 1.54) is 31.8 Å². The summed E-state index contributed by atoms with van der Waals surface area (Å²) in [5.74, 6) is 0. The van der Waals surface area contributed by atoms with Crippen molar-refractivity contribution >= 4 is 45.9 Å². The first kappa shape index (κ1) is 41.4. The van der Waals surface area contributed by atoms with E-state index in [1.54, 1.807) is 0 Å². The van der Waals surface area contributed by atoms with Crippen LogP contribution in [0.3, 0.4) is 0 Å². The minimum Gasteiger partial charge on any atom is -0.148 e. The van der Waals surface area contributed by atoms with Gasteiger partial charge in [-0.1, -0.05) is 109 Å². The largest absolute Gasteiger partial charge is 0.301 e. The quantitative estimate of drug-likeness (QED) is 0.0847. The van der Waals surface area contributed by atoms with Gasteiger partial charge in [0, 0.05) is 16.8 Å². The van der Waals surface area contributed by atoms with Crippen LogP contribution in [0.1, 0.15) is 0 Å². The van der Waals surface area contributed by atoms with Crippen molar-refractivity contribution in [3.63, 3.8) is 0 Å². The van der Waals surface area contributed by atoms with Crippen LogP contribution in [-0.2, 0) is 35.4 Å². The fraction of sp³-hybridized carbons (Fsp3) is 0. The fourth-order valence-electron chi connectivity index (χ4n) is 5.27. The van der Waals surface area contributed by atoms with Crippen LogP contribution >= 0.6 is 14.1 Å². The first-order valence-corrected chi connectivity index (χ1v) is 17.5. The average Bonchev–Trinajstić information content (AvgIpc) is 3.21. The summed E-state index contributed by atoms with van der Waals surface area (Å²) in [4.78, 5) is 0. The van der Waals surface area contributed by atoms with Crippen LogP contribution in [-0.4, -0.2) is 0 Å². The Balaban J connectivity index is 0.00000119. The van der Waals surface area contributed by atoms with E-state index in [1.807, 2.05) is 0 Å².